The van der Waals surface area contributed by atoms with Crippen molar-refractivity contribution in [2.45, 2.75) is 6.54 Å². The second-order valence-electron chi connectivity index (χ2n) is 3.27. The van der Waals surface area contributed by atoms with Gasteiger partial charge in [-0.1, -0.05) is 11.6 Å². The van der Waals surface area contributed by atoms with E-state index in [0.717, 1.165) is 14.9 Å². The summed E-state index contributed by atoms with van der Waals surface area (Å²) in [5, 5.41) is 3.69. The highest BCUT2D eigenvalue weighted by Crippen LogP contribution is 2.28. The van der Waals surface area contributed by atoms with Crippen LogP contribution in [-0.2, 0) is 6.54 Å². The molecule has 0 aliphatic heterocycles. The van der Waals surface area contributed by atoms with Crippen molar-refractivity contribution >= 4 is 34.2 Å². The summed E-state index contributed by atoms with van der Waals surface area (Å²) in [4.78, 5) is 4.18. The van der Waals surface area contributed by atoms with Crippen molar-refractivity contribution in [3.05, 3.63) is 38.9 Å². The van der Waals surface area contributed by atoms with E-state index in [4.69, 9.17) is 16.0 Å². The normalized spacial score (nSPS) is 10.7. The molecule has 1 aromatic heterocycles. The lowest BCUT2D eigenvalue weighted by molar-refractivity contribution is 0.491. The van der Waals surface area contributed by atoms with Crippen LogP contribution in [0.1, 0.15) is 5.89 Å². The number of hydrogen-bond acceptors (Lipinski definition) is 3. The minimum Gasteiger partial charge on any atom is -0.439 e. The van der Waals surface area contributed by atoms with Gasteiger partial charge in [0.2, 0.25) is 5.89 Å². The molecule has 0 aliphatic rings. The van der Waals surface area contributed by atoms with E-state index in [2.05, 4.69) is 32.9 Å². The SMILES string of the molecule is CNCc1ncc(-c2cc(Cl)ccc2I)o1. The summed E-state index contributed by atoms with van der Waals surface area (Å²) in [6, 6.07) is 5.70. The molecule has 2 aromatic rings. The lowest BCUT2D eigenvalue weighted by Gasteiger charge is -2.00. The minimum atomic E-state index is 0.622. The Morgan fingerprint density at radius 1 is 1.50 bits per heavy atom. The zero-order valence-corrected chi connectivity index (χ0v) is 11.5. The number of rotatable bonds is 3. The van der Waals surface area contributed by atoms with Gasteiger partial charge >= 0.3 is 0 Å². The summed E-state index contributed by atoms with van der Waals surface area (Å²) < 4.78 is 6.70. The molecule has 0 spiro atoms. The zero-order chi connectivity index (χ0) is 11.5. The van der Waals surface area contributed by atoms with Gasteiger partial charge < -0.3 is 9.73 Å². The maximum atomic E-state index is 5.96. The van der Waals surface area contributed by atoms with Gasteiger partial charge in [-0.05, 0) is 47.8 Å². The lowest BCUT2D eigenvalue weighted by atomic mass is 10.2. The fourth-order valence-electron chi connectivity index (χ4n) is 1.35. The molecule has 16 heavy (non-hydrogen) atoms. The van der Waals surface area contributed by atoms with Crippen LogP contribution in [0.5, 0.6) is 0 Å². The van der Waals surface area contributed by atoms with Crippen LogP contribution in [0.3, 0.4) is 0 Å². The van der Waals surface area contributed by atoms with Crippen molar-refractivity contribution in [1.29, 1.82) is 0 Å². The standard InChI is InChI=1S/C11H10ClIN2O/c1-14-6-11-15-5-10(16-11)8-4-7(12)2-3-9(8)13/h2-5,14H,6H2,1H3. The summed E-state index contributed by atoms with van der Waals surface area (Å²) in [6.07, 6.45) is 1.72. The first-order valence-corrected chi connectivity index (χ1v) is 6.21. The minimum absolute atomic E-state index is 0.622. The Balaban J connectivity index is 2.38. The van der Waals surface area contributed by atoms with Crippen molar-refractivity contribution in [3.8, 4) is 11.3 Å². The molecule has 0 atom stereocenters. The highest BCUT2D eigenvalue weighted by atomic mass is 127. The van der Waals surface area contributed by atoms with E-state index in [-0.39, 0.29) is 0 Å². The number of nitrogens with zero attached hydrogens (tertiary/aromatic N) is 1. The monoisotopic (exact) mass is 348 g/mol. The van der Waals surface area contributed by atoms with Gasteiger partial charge in [0.15, 0.2) is 5.76 Å². The topological polar surface area (TPSA) is 38.1 Å². The molecular formula is C11H10ClIN2O. The van der Waals surface area contributed by atoms with Crippen molar-refractivity contribution in [2.75, 3.05) is 7.05 Å². The fourth-order valence-corrected chi connectivity index (χ4v) is 2.13. The van der Waals surface area contributed by atoms with E-state index in [9.17, 15) is 0 Å². The Kier molecular flexibility index (Phi) is 3.83. The predicted octanol–water partition coefficient (Wildman–Crippen LogP) is 3.32. The predicted molar refractivity (Wildman–Crippen MR) is 72.4 cm³/mol. The van der Waals surface area contributed by atoms with E-state index in [1.54, 1.807) is 6.20 Å². The van der Waals surface area contributed by atoms with Crippen molar-refractivity contribution < 1.29 is 4.42 Å². The summed E-state index contributed by atoms with van der Waals surface area (Å²) in [5.41, 5.74) is 0.975. The third-order valence-corrected chi connectivity index (χ3v) is 3.25. The highest BCUT2D eigenvalue weighted by molar-refractivity contribution is 14.1. The molecule has 0 saturated carbocycles. The molecule has 0 unspecified atom stereocenters. The van der Waals surface area contributed by atoms with E-state index < -0.39 is 0 Å². The number of aromatic nitrogens is 1. The van der Waals surface area contributed by atoms with Crippen LogP contribution in [0.4, 0.5) is 0 Å². The Labute approximate surface area is 112 Å². The van der Waals surface area contributed by atoms with Gasteiger partial charge in [0.05, 0.1) is 12.7 Å². The molecule has 5 heteroatoms. The van der Waals surface area contributed by atoms with E-state index in [1.807, 2.05) is 25.2 Å². The average Bonchev–Trinajstić information content (AvgIpc) is 2.71. The lowest BCUT2D eigenvalue weighted by Crippen LogP contribution is -2.04. The van der Waals surface area contributed by atoms with Gasteiger partial charge in [-0.3, -0.25) is 0 Å². The average molecular weight is 349 g/mol. The second kappa shape index (κ2) is 5.16. The Morgan fingerprint density at radius 2 is 2.31 bits per heavy atom. The number of nitrogens with one attached hydrogen (secondary N) is 1. The molecule has 0 bridgehead atoms. The Morgan fingerprint density at radius 3 is 3.06 bits per heavy atom. The molecule has 3 nitrogen and oxygen atoms in total. The molecule has 84 valence electrons. The van der Waals surface area contributed by atoms with Crippen LogP contribution >= 0.6 is 34.2 Å². The highest BCUT2D eigenvalue weighted by Gasteiger charge is 2.09. The molecule has 0 saturated heterocycles. The summed E-state index contributed by atoms with van der Waals surface area (Å²) in [5.74, 6) is 1.42. The van der Waals surface area contributed by atoms with Gasteiger partial charge in [-0.15, -0.1) is 0 Å². The smallest absolute Gasteiger partial charge is 0.208 e. The van der Waals surface area contributed by atoms with Crippen LogP contribution in [0.2, 0.25) is 5.02 Å². The van der Waals surface area contributed by atoms with Crippen LogP contribution in [0, 0.1) is 3.57 Å². The quantitative estimate of drug-likeness (QED) is 0.865. The van der Waals surface area contributed by atoms with Crippen molar-refractivity contribution in [1.82, 2.24) is 10.3 Å². The van der Waals surface area contributed by atoms with Crippen LogP contribution in [0.15, 0.2) is 28.8 Å². The number of hydrogen-bond donors (Lipinski definition) is 1. The maximum absolute atomic E-state index is 5.96. The van der Waals surface area contributed by atoms with E-state index in [1.165, 1.54) is 0 Å². The Hall–Kier alpha value is -0.590. The summed E-state index contributed by atoms with van der Waals surface area (Å²) in [6.45, 7) is 0.622. The van der Waals surface area contributed by atoms with Gasteiger partial charge in [0.25, 0.3) is 0 Å². The molecule has 1 aromatic carbocycles. The van der Waals surface area contributed by atoms with E-state index in [0.29, 0.717) is 17.5 Å². The molecule has 2 rings (SSSR count). The van der Waals surface area contributed by atoms with Gasteiger partial charge in [-0.25, -0.2) is 4.98 Å². The third-order valence-electron chi connectivity index (χ3n) is 2.08. The van der Waals surface area contributed by atoms with Crippen molar-refractivity contribution in [2.24, 2.45) is 0 Å². The van der Waals surface area contributed by atoms with Crippen LogP contribution in [-0.4, -0.2) is 12.0 Å². The molecule has 1 N–H and O–H groups in total. The molecule has 0 fully saturated rings. The largest absolute Gasteiger partial charge is 0.439 e. The number of halogens is 2. The summed E-state index contributed by atoms with van der Waals surface area (Å²) in [7, 11) is 1.85. The third kappa shape index (κ3) is 2.56. The molecule has 0 radical (unpaired) electrons. The fraction of sp³-hybridized carbons (Fsp3) is 0.182. The molecular weight excluding hydrogens is 338 g/mol. The van der Waals surface area contributed by atoms with Gasteiger partial charge in [0, 0.05) is 14.2 Å². The summed E-state index contributed by atoms with van der Waals surface area (Å²) >= 11 is 8.21. The van der Waals surface area contributed by atoms with Gasteiger partial charge in [0.1, 0.15) is 0 Å². The molecule has 0 aliphatic carbocycles. The van der Waals surface area contributed by atoms with Crippen molar-refractivity contribution in [3.63, 3.8) is 0 Å². The zero-order valence-electron chi connectivity index (χ0n) is 8.63. The second-order valence-corrected chi connectivity index (χ2v) is 4.87. The first kappa shape index (κ1) is 11.9. The molecule has 0 amide bonds. The van der Waals surface area contributed by atoms with Crippen LogP contribution in [0.25, 0.3) is 11.3 Å². The number of benzene rings is 1. The van der Waals surface area contributed by atoms with E-state index >= 15 is 0 Å². The first-order valence-electron chi connectivity index (χ1n) is 4.75. The first-order chi connectivity index (χ1) is 7.70. The maximum Gasteiger partial charge on any atom is 0.208 e. The molecule has 1 heterocycles. The van der Waals surface area contributed by atoms with Gasteiger partial charge in [-0.2, -0.15) is 0 Å². The number of oxazole rings is 1. The van der Waals surface area contributed by atoms with Crippen LogP contribution < -0.4 is 5.32 Å². The Bertz CT molecular complexity index is 498.